The number of hydrogen-bond donors (Lipinski definition) is 2. The molecular formula is C15H16N4O. The summed E-state index contributed by atoms with van der Waals surface area (Å²) in [5.41, 5.74) is 7.60. The molecule has 1 aromatic carbocycles. The molecule has 2 rings (SSSR count). The van der Waals surface area contributed by atoms with Crippen LogP contribution in [-0.4, -0.2) is 23.2 Å². The van der Waals surface area contributed by atoms with Crippen molar-refractivity contribution >= 4 is 11.5 Å². The molecule has 1 aromatic heterocycles. The van der Waals surface area contributed by atoms with Crippen molar-refractivity contribution in [1.82, 2.24) is 4.98 Å². The van der Waals surface area contributed by atoms with Gasteiger partial charge in [-0.05, 0) is 11.6 Å². The van der Waals surface area contributed by atoms with E-state index < -0.39 is 0 Å². The fraction of sp³-hybridized carbons (Fsp3) is 0.200. The van der Waals surface area contributed by atoms with Crippen LogP contribution < -0.4 is 10.6 Å². The zero-order chi connectivity index (χ0) is 14.4. The predicted molar refractivity (Wildman–Crippen MR) is 77.9 cm³/mol. The molecule has 102 valence electrons. The van der Waals surface area contributed by atoms with Gasteiger partial charge in [0.2, 0.25) is 0 Å². The molecule has 0 unspecified atom stereocenters. The lowest BCUT2D eigenvalue weighted by Crippen LogP contribution is -2.27. The lowest BCUT2D eigenvalue weighted by molar-refractivity contribution is 0.301. The molecule has 20 heavy (non-hydrogen) atoms. The largest absolute Gasteiger partial charge is 0.397 e. The third-order valence-electron chi connectivity index (χ3n) is 2.89. The molecule has 2 aromatic rings. The summed E-state index contributed by atoms with van der Waals surface area (Å²) in [7, 11) is 0. The number of anilines is 2. The van der Waals surface area contributed by atoms with Crippen LogP contribution in [0.1, 0.15) is 11.1 Å². The van der Waals surface area contributed by atoms with Gasteiger partial charge in [-0.25, -0.2) is 4.98 Å². The second-order valence-electron chi connectivity index (χ2n) is 4.38. The number of aliphatic hydroxyl groups is 1. The van der Waals surface area contributed by atoms with Crippen LogP contribution in [0.2, 0.25) is 0 Å². The smallest absolute Gasteiger partial charge is 0.147 e. The van der Waals surface area contributed by atoms with Crippen LogP contribution in [0.5, 0.6) is 0 Å². The van der Waals surface area contributed by atoms with Crippen molar-refractivity contribution in [2.45, 2.75) is 6.54 Å². The number of nitrogen functional groups attached to an aromatic ring is 1. The summed E-state index contributed by atoms with van der Waals surface area (Å²) in [6.45, 7) is 0.969. The highest BCUT2D eigenvalue weighted by Gasteiger charge is 2.13. The Kier molecular flexibility index (Phi) is 4.53. The Labute approximate surface area is 117 Å². The van der Waals surface area contributed by atoms with Gasteiger partial charge in [-0.15, -0.1) is 0 Å². The van der Waals surface area contributed by atoms with Crippen LogP contribution in [0.15, 0.2) is 42.6 Å². The van der Waals surface area contributed by atoms with E-state index in [2.05, 4.69) is 11.1 Å². The Morgan fingerprint density at radius 1 is 1.30 bits per heavy atom. The number of benzene rings is 1. The van der Waals surface area contributed by atoms with Gasteiger partial charge in [0.05, 0.1) is 24.1 Å². The van der Waals surface area contributed by atoms with E-state index in [4.69, 9.17) is 5.73 Å². The topological polar surface area (TPSA) is 86.2 Å². The first-order valence-corrected chi connectivity index (χ1v) is 6.30. The molecule has 0 saturated carbocycles. The van der Waals surface area contributed by atoms with E-state index in [0.29, 0.717) is 30.2 Å². The maximum Gasteiger partial charge on any atom is 0.147 e. The van der Waals surface area contributed by atoms with Crippen molar-refractivity contribution < 1.29 is 5.11 Å². The van der Waals surface area contributed by atoms with E-state index in [1.165, 1.54) is 6.20 Å². The summed E-state index contributed by atoms with van der Waals surface area (Å²) in [4.78, 5) is 6.10. The van der Waals surface area contributed by atoms with Crippen molar-refractivity contribution in [3.8, 4) is 6.07 Å². The highest BCUT2D eigenvalue weighted by atomic mass is 16.3. The van der Waals surface area contributed by atoms with Gasteiger partial charge < -0.3 is 15.7 Å². The molecule has 0 bridgehead atoms. The van der Waals surface area contributed by atoms with Crippen LogP contribution in [0, 0.1) is 11.3 Å². The predicted octanol–water partition coefficient (Wildman–Crippen LogP) is 1.53. The van der Waals surface area contributed by atoms with Crippen molar-refractivity contribution in [1.29, 1.82) is 5.26 Å². The SMILES string of the molecule is N#Cc1cc(N)cnc1N(CCO)Cc1ccccc1. The minimum atomic E-state index is -0.0102. The number of nitriles is 1. The zero-order valence-corrected chi connectivity index (χ0v) is 11.0. The molecule has 5 heteroatoms. The Balaban J connectivity index is 2.31. The zero-order valence-electron chi connectivity index (χ0n) is 11.0. The van der Waals surface area contributed by atoms with Crippen LogP contribution in [-0.2, 0) is 6.54 Å². The summed E-state index contributed by atoms with van der Waals surface area (Å²) < 4.78 is 0. The van der Waals surface area contributed by atoms with E-state index >= 15 is 0 Å². The number of nitrogens with two attached hydrogens (primary N) is 1. The summed E-state index contributed by atoms with van der Waals surface area (Å²) >= 11 is 0. The fourth-order valence-electron chi connectivity index (χ4n) is 1.99. The third-order valence-corrected chi connectivity index (χ3v) is 2.89. The molecule has 0 fully saturated rings. The van der Waals surface area contributed by atoms with E-state index in [1.54, 1.807) is 6.07 Å². The lowest BCUT2D eigenvalue weighted by atomic mass is 10.2. The Morgan fingerprint density at radius 2 is 2.05 bits per heavy atom. The van der Waals surface area contributed by atoms with Crippen LogP contribution in [0.25, 0.3) is 0 Å². The Morgan fingerprint density at radius 3 is 2.70 bits per heavy atom. The minimum absolute atomic E-state index is 0.0102. The van der Waals surface area contributed by atoms with Gasteiger partial charge in [-0.1, -0.05) is 30.3 Å². The molecule has 0 saturated heterocycles. The van der Waals surface area contributed by atoms with Crippen molar-refractivity contribution in [3.05, 3.63) is 53.7 Å². The van der Waals surface area contributed by atoms with Gasteiger partial charge in [0, 0.05) is 13.1 Å². The summed E-state index contributed by atoms with van der Waals surface area (Å²) in [5.74, 6) is 0.541. The number of aromatic nitrogens is 1. The maximum absolute atomic E-state index is 9.22. The number of aliphatic hydroxyl groups excluding tert-OH is 1. The average molecular weight is 268 g/mol. The van der Waals surface area contributed by atoms with E-state index in [1.807, 2.05) is 35.2 Å². The lowest BCUT2D eigenvalue weighted by Gasteiger charge is -2.23. The van der Waals surface area contributed by atoms with Crippen LogP contribution in [0.4, 0.5) is 11.5 Å². The second kappa shape index (κ2) is 6.55. The molecule has 3 N–H and O–H groups in total. The normalized spacial score (nSPS) is 10.0. The first-order chi connectivity index (χ1) is 9.74. The Hall–Kier alpha value is -2.58. The maximum atomic E-state index is 9.22. The van der Waals surface area contributed by atoms with Gasteiger partial charge in [-0.2, -0.15) is 5.26 Å². The average Bonchev–Trinajstić information content (AvgIpc) is 2.48. The third kappa shape index (κ3) is 3.25. The van der Waals surface area contributed by atoms with Crippen LogP contribution in [0.3, 0.4) is 0 Å². The standard InChI is InChI=1S/C15H16N4O/c16-9-13-8-14(17)10-18-15(13)19(6-7-20)11-12-4-2-1-3-5-12/h1-5,8,10,20H,6-7,11,17H2. The number of pyridine rings is 1. The molecule has 0 aliphatic heterocycles. The molecule has 0 aliphatic rings. The molecule has 5 nitrogen and oxygen atoms in total. The first kappa shape index (κ1) is 13.8. The summed E-state index contributed by atoms with van der Waals surface area (Å²) in [6, 6.07) is 13.5. The fourth-order valence-corrected chi connectivity index (χ4v) is 1.99. The second-order valence-corrected chi connectivity index (χ2v) is 4.38. The molecule has 0 amide bonds. The van der Waals surface area contributed by atoms with E-state index in [-0.39, 0.29) is 6.61 Å². The van der Waals surface area contributed by atoms with Crippen LogP contribution >= 0.6 is 0 Å². The number of hydrogen-bond acceptors (Lipinski definition) is 5. The van der Waals surface area contributed by atoms with Gasteiger partial charge in [0.15, 0.2) is 0 Å². The van der Waals surface area contributed by atoms with E-state index in [0.717, 1.165) is 5.56 Å². The van der Waals surface area contributed by atoms with Gasteiger partial charge in [0.1, 0.15) is 11.9 Å². The van der Waals surface area contributed by atoms with Gasteiger partial charge in [-0.3, -0.25) is 0 Å². The van der Waals surface area contributed by atoms with Crippen molar-refractivity contribution in [2.24, 2.45) is 0 Å². The molecule has 0 aliphatic carbocycles. The Bertz CT molecular complexity index is 607. The number of nitrogens with zero attached hydrogens (tertiary/aromatic N) is 3. The molecule has 1 heterocycles. The monoisotopic (exact) mass is 268 g/mol. The van der Waals surface area contributed by atoms with Crippen molar-refractivity contribution in [3.63, 3.8) is 0 Å². The van der Waals surface area contributed by atoms with Gasteiger partial charge in [0.25, 0.3) is 0 Å². The summed E-state index contributed by atoms with van der Waals surface area (Å²) in [5, 5.41) is 18.4. The summed E-state index contributed by atoms with van der Waals surface area (Å²) in [6.07, 6.45) is 1.52. The molecule has 0 spiro atoms. The molecule has 0 radical (unpaired) electrons. The first-order valence-electron chi connectivity index (χ1n) is 6.30. The number of rotatable bonds is 5. The van der Waals surface area contributed by atoms with Crippen molar-refractivity contribution in [2.75, 3.05) is 23.8 Å². The highest BCUT2D eigenvalue weighted by Crippen LogP contribution is 2.21. The highest BCUT2D eigenvalue weighted by molar-refractivity contribution is 5.59. The minimum Gasteiger partial charge on any atom is -0.397 e. The van der Waals surface area contributed by atoms with Gasteiger partial charge >= 0.3 is 0 Å². The van der Waals surface area contributed by atoms with E-state index in [9.17, 15) is 10.4 Å². The molecular weight excluding hydrogens is 252 g/mol. The quantitative estimate of drug-likeness (QED) is 0.859. The molecule has 0 atom stereocenters.